The van der Waals surface area contributed by atoms with Gasteiger partial charge < -0.3 is 10.0 Å². The Labute approximate surface area is 183 Å². The number of piperazine rings is 1. The summed E-state index contributed by atoms with van der Waals surface area (Å²) in [6, 6.07) is 6.99. The largest absolute Gasteiger partial charge is 0.481 e. The summed E-state index contributed by atoms with van der Waals surface area (Å²) in [5.41, 5.74) is -0.209. The number of alkyl halides is 3. The van der Waals surface area contributed by atoms with Crippen molar-refractivity contribution in [2.45, 2.75) is 30.8 Å². The Morgan fingerprint density at radius 1 is 1.06 bits per heavy atom. The number of carboxylic acid groups (broad SMARTS) is 1. The summed E-state index contributed by atoms with van der Waals surface area (Å²) in [5, 5.41) is 9.46. The van der Waals surface area contributed by atoms with Gasteiger partial charge in [-0.15, -0.1) is 0 Å². The molecule has 32 heavy (non-hydrogen) atoms. The van der Waals surface area contributed by atoms with E-state index in [1.165, 1.54) is 16.4 Å². The van der Waals surface area contributed by atoms with Gasteiger partial charge in [0.05, 0.1) is 15.9 Å². The van der Waals surface area contributed by atoms with Crippen LogP contribution in [0.3, 0.4) is 0 Å². The van der Waals surface area contributed by atoms with E-state index in [4.69, 9.17) is 0 Å². The van der Waals surface area contributed by atoms with Crippen molar-refractivity contribution in [3.05, 3.63) is 53.2 Å². The highest BCUT2D eigenvalue weighted by Gasteiger charge is 2.40. The van der Waals surface area contributed by atoms with Crippen molar-refractivity contribution in [2.75, 3.05) is 31.1 Å². The van der Waals surface area contributed by atoms with Crippen LogP contribution in [0.2, 0.25) is 0 Å². The van der Waals surface area contributed by atoms with Gasteiger partial charge >= 0.3 is 12.1 Å². The molecule has 11 heteroatoms. The molecule has 4 rings (SSSR count). The molecule has 0 spiro atoms. The Morgan fingerprint density at radius 2 is 1.72 bits per heavy atom. The minimum Gasteiger partial charge on any atom is -0.481 e. The van der Waals surface area contributed by atoms with Crippen molar-refractivity contribution in [2.24, 2.45) is 5.41 Å². The second kappa shape index (κ2) is 7.73. The van der Waals surface area contributed by atoms with E-state index in [9.17, 15) is 31.5 Å². The topological polar surface area (TPSA) is 90.8 Å². The highest BCUT2D eigenvalue weighted by molar-refractivity contribution is 7.89. The minimum atomic E-state index is -4.46. The smallest absolute Gasteiger partial charge is 0.417 e. The highest BCUT2D eigenvalue weighted by atomic mass is 32.2. The molecule has 1 atom stereocenters. The van der Waals surface area contributed by atoms with E-state index in [1.807, 2.05) is 0 Å². The van der Waals surface area contributed by atoms with Crippen LogP contribution in [0.15, 0.2) is 41.4 Å². The van der Waals surface area contributed by atoms with Gasteiger partial charge in [-0.3, -0.25) is 4.79 Å². The lowest BCUT2D eigenvalue weighted by Gasteiger charge is -2.34. The average Bonchev–Trinajstić information content (AvgIpc) is 3.10. The van der Waals surface area contributed by atoms with Crippen LogP contribution in [0.4, 0.5) is 19.0 Å². The number of carbonyl (C=O) groups is 1. The summed E-state index contributed by atoms with van der Waals surface area (Å²) in [6.45, 7) is 2.56. The first-order valence-electron chi connectivity index (χ1n) is 10.0. The Kier molecular flexibility index (Phi) is 5.44. The molecule has 0 bridgehead atoms. The first-order valence-corrected chi connectivity index (χ1v) is 11.5. The average molecular weight is 469 g/mol. The second-order valence-corrected chi connectivity index (χ2v) is 10.4. The predicted molar refractivity (Wildman–Crippen MR) is 110 cm³/mol. The van der Waals surface area contributed by atoms with E-state index in [-0.39, 0.29) is 24.4 Å². The maximum atomic E-state index is 13.1. The molecule has 1 N–H and O–H groups in total. The summed E-state index contributed by atoms with van der Waals surface area (Å²) >= 11 is 0. The summed E-state index contributed by atoms with van der Waals surface area (Å²) in [7, 11) is -3.78. The second-order valence-electron chi connectivity index (χ2n) is 8.44. The minimum absolute atomic E-state index is 0.118. The molecule has 0 saturated carbocycles. The number of rotatable bonds is 4. The number of pyridine rings is 1. The van der Waals surface area contributed by atoms with Crippen molar-refractivity contribution < 1.29 is 31.5 Å². The third-order valence-electron chi connectivity index (χ3n) is 6.13. The Bertz CT molecular complexity index is 1140. The van der Waals surface area contributed by atoms with E-state index in [0.717, 1.165) is 23.4 Å². The van der Waals surface area contributed by atoms with Gasteiger partial charge in [0, 0.05) is 32.4 Å². The fourth-order valence-electron chi connectivity index (χ4n) is 4.20. The van der Waals surface area contributed by atoms with Crippen molar-refractivity contribution >= 4 is 21.8 Å². The van der Waals surface area contributed by atoms with Gasteiger partial charge in [-0.2, -0.15) is 17.5 Å². The first-order chi connectivity index (χ1) is 14.9. The third kappa shape index (κ3) is 4.06. The number of anilines is 1. The number of fused-ring (bicyclic) bond motifs is 1. The lowest BCUT2D eigenvalue weighted by molar-refractivity contribution is -0.147. The van der Waals surface area contributed by atoms with E-state index < -0.39 is 33.1 Å². The van der Waals surface area contributed by atoms with Crippen LogP contribution in [0, 0.1) is 5.41 Å². The van der Waals surface area contributed by atoms with Crippen molar-refractivity contribution in [3.8, 4) is 0 Å². The standard InChI is InChI=1S/C21H22F3N3O4S/c1-20(19(28)29)11-14-2-4-17(10-15(14)12-20)32(30,31)27-8-6-26(7-9-27)18-5-3-16(13-25-18)21(22,23)24/h2-5,10,13H,6-9,11-12H2,1H3,(H,28,29). The number of aliphatic carboxylic acids is 1. The maximum absolute atomic E-state index is 13.1. The zero-order valence-corrected chi connectivity index (χ0v) is 18.1. The molecule has 1 aliphatic heterocycles. The summed E-state index contributed by atoms with van der Waals surface area (Å²) in [5.74, 6) is -0.549. The highest BCUT2D eigenvalue weighted by Crippen LogP contribution is 2.38. The number of carboxylic acids is 1. The number of nitrogens with zero attached hydrogens (tertiary/aromatic N) is 3. The van der Waals surface area contributed by atoms with E-state index >= 15 is 0 Å². The van der Waals surface area contributed by atoms with Gasteiger partial charge in [-0.1, -0.05) is 6.07 Å². The lowest BCUT2D eigenvalue weighted by atomic mass is 9.88. The molecular formula is C21H22F3N3O4S. The molecule has 2 heterocycles. The van der Waals surface area contributed by atoms with E-state index in [1.54, 1.807) is 24.0 Å². The fourth-order valence-corrected chi connectivity index (χ4v) is 5.67. The fraction of sp³-hybridized carbons (Fsp3) is 0.429. The van der Waals surface area contributed by atoms with Gasteiger partial charge in [-0.05, 0) is 55.2 Å². The molecule has 1 fully saturated rings. The Morgan fingerprint density at radius 3 is 2.28 bits per heavy atom. The monoisotopic (exact) mass is 469 g/mol. The quantitative estimate of drug-likeness (QED) is 0.741. The number of aromatic nitrogens is 1. The SMILES string of the molecule is CC1(C(=O)O)Cc2ccc(S(=O)(=O)N3CCN(c4ccc(C(F)(F)F)cn4)CC3)cc2C1. The molecule has 7 nitrogen and oxygen atoms in total. The zero-order valence-electron chi connectivity index (χ0n) is 17.3. The maximum Gasteiger partial charge on any atom is 0.417 e. The van der Waals surface area contributed by atoms with Crippen molar-refractivity contribution in [1.29, 1.82) is 0 Å². The molecule has 1 saturated heterocycles. The van der Waals surface area contributed by atoms with Crippen LogP contribution in [0.1, 0.15) is 23.6 Å². The molecule has 172 valence electrons. The molecule has 0 amide bonds. The molecule has 1 aromatic carbocycles. The van der Waals surface area contributed by atoms with Crippen LogP contribution in [0.5, 0.6) is 0 Å². The number of benzene rings is 1. The number of hydrogen-bond donors (Lipinski definition) is 1. The van der Waals surface area contributed by atoms with Gasteiger partial charge in [-0.25, -0.2) is 13.4 Å². The van der Waals surface area contributed by atoms with Gasteiger partial charge in [0.15, 0.2) is 0 Å². The summed E-state index contributed by atoms with van der Waals surface area (Å²) in [4.78, 5) is 17.3. The van der Waals surface area contributed by atoms with Crippen molar-refractivity contribution in [3.63, 3.8) is 0 Å². The Balaban J connectivity index is 1.46. The number of halogens is 3. The van der Waals surface area contributed by atoms with E-state index in [2.05, 4.69) is 4.98 Å². The molecule has 1 aliphatic carbocycles. The van der Waals surface area contributed by atoms with Gasteiger partial charge in [0.2, 0.25) is 10.0 Å². The zero-order chi connectivity index (χ0) is 23.3. The van der Waals surface area contributed by atoms with Crippen LogP contribution in [0.25, 0.3) is 0 Å². The molecular weight excluding hydrogens is 447 g/mol. The lowest BCUT2D eigenvalue weighted by Crippen LogP contribution is -2.48. The van der Waals surface area contributed by atoms with Crippen LogP contribution < -0.4 is 4.90 Å². The number of sulfonamides is 1. The van der Waals surface area contributed by atoms with Gasteiger partial charge in [0.25, 0.3) is 0 Å². The molecule has 1 unspecified atom stereocenters. The molecule has 2 aromatic rings. The molecule has 2 aliphatic rings. The van der Waals surface area contributed by atoms with Crippen LogP contribution >= 0.6 is 0 Å². The number of hydrogen-bond acceptors (Lipinski definition) is 5. The van der Waals surface area contributed by atoms with Crippen LogP contribution in [-0.2, 0) is 33.8 Å². The predicted octanol–water partition coefficient (Wildman–Crippen LogP) is 2.80. The first kappa shape index (κ1) is 22.5. The van der Waals surface area contributed by atoms with Crippen LogP contribution in [-0.4, -0.2) is 55.0 Å². The van der Waals surface area contributed by atoms with E-state index in [0.29, 0.717) is 25.3 Å². The summed E-state index contributed by atoms with van der Waals surface area (Å²) < 4.78 is 65.7. The third-order valence-corrected chi connectivity index (χ3v) is 8.03. The van der Waals surface area contributed by atoms with Crippen molar-refractivity contribution in [1.82, 2.24) is 9.29 Å². The molecule has 0 radical (unpaired) electrons. The van der Waals surface area contributed by atoms with Gasteiger partial charge in [0.1, 0.15) is 5.82 Å². The normalized spacial score (nSPS) is 22.1. The summed E-state index contributed by atoms with van der Waals surface area (Å²) in [6.07, 6.45) is -3.06. The Hall–Kier alpha value is -2.66. The molecule has 1 aromatic heterocycles.